The predicted octanol–water partition coefficient (Wildman–Crippen LogP) is -0.434. The lowest BCUT2D eigenvalue weighted by Crippen LogP contribution is -2.64. The number of ether oxygens (including phenoxy) is 1. The molecule has 0 saturated carbocycles. The van der Waals surface area contributed by atoms with Gasteiger partial charge in [-0.3, -0.25) is 14.4 Å². The first-order valence-electron chi connectivity index (χ1n) is 5.32. The molecule has 1 amide bonds. The zero-order valence-electron chi connectivity index (χ0n) is 10.1. The fraction of sp³-hybridized carbons (Fsp3) is 0.700. The summed E-state index contributed by atoms with van der Waals surface area (Å²) in [6.07, 6.45) is 0.389. The van der Waals surface area contributed by atoms with Crippen LogP contribution >= 0.6 is 0 Å². The number of carbonyl (C=O) groups excluding carboxylic acids is 3. The van der Waals surface area contributed by atoms with Crippen LogP contribution in [0, 0.1) is 0 Å². The van der Waals surface area contributed by atoms with Gasteiger partial charge < -0.3 is 14.9 Å². The predicted molar refractivity (Wildman–Crippen MR) is 56.3 cm³/mol. The molecule has 96 valence electrons. The van der Waals surface area contributed by atoms with E-state index in [9.17, 15) is 14.4 Å². The van der Waals surface area contributed by atoms with Crippen molar-refractivity contribution in [2.45, 2.75) is 32.9 Å². The van der Waals surface area contributed by atoms with Crippen LogP contribution in [0.1, 0.15) is 27.2 Å². The third-order valence-electron chi connectivity index (χ3n) is 2.43. The van der Waals surface area contributed by atoms with E-state index in [2.05, 4.69) is 5.32 Å². The van der Waals surface area contributed by atoms with Gasteiger partial charge in [0, 0.05) is 20.3 Å². The summed E-state index contributed by atoms with van der Waals surface area (Å²) in [5.74, 6) is -1.35. The fourth-order valence-corrected chi connectivity index (χ4v) is 1.65. The molecule has 7 nitrogen and oxygen atoms in total. The molecule has 1 aliphatic heterocycles. The van der Waals surface area contributed by atoms with E-state index in [1.807, 2.05) is 0 Å². The molecule has 1 rings (SSSR count). The average molecular weight is 244 g/mol. The van der Waals surface area contributed by atoms with Gasteiger partial charge in [0.25, 0.3) is 0 Å². The summed E-state index contributed by atoms with van der Waals surface area (Å²) in [5.41, 5.74) is -1.12. The van der Waals surface area contributed by atoms with Crippen molar-refractivity contribution in [3.8, 4) is 0 Å². The standard InChI is InChI=1S/C10H16N2O5/c1-4-10(16-7(2)13)6-11-9(15)5-12(10)17-8(3)14/h4-6H2,1-3H3,(H,11,15). The molecule has 0 spiro atoms. The number of esters is 1. The Balaban J connectivity index is 2.92. The van der Waals surface area contributed by atoms with Crippen molar-refractivity contribution in [3.63, 3.8) is 0 Å². The lowest BCUT2D eigenvalue weighted by atomic mass is 10.1. The molecule has 1 unspecified atom stereocenters. The zero-order valence-corrected chi connectivity index (χ0v) is 10.1. The maximum absolute atomic E-state index is 11.3. The van der Waals surface area contributed by atoms with Crippen molar-refractivity contribution in [1.82, 2.24) is 10.4 Å². The van der Waals surface area contributed by atoms with Crippen molar-refractivity contribution >= 4 is 17.8 Å². The molecule has 1 heterocycles. The molecular weight excluding hydrogens is 228 g/mol. The molecule has 0 aromatic carbocycles. The van der Waals surface area contributed by atoms with Crippen LogP contribution in [0.3, 0.4) is 0 Å². The number of nitrogens with one attached hydrogen (secondary N) is 1. The zero-order chi connectivity index (χ0) is 13.1. The number of amides is 1. The van der Waals surface area contributed by atoms with E-state index in [1.54, 1.807) is 6.92 Å². The molecule has 1 N–H and O–H groups in total. The molecule has 1 saturated heterocycles. The monoisotopic (exact) mass is 244 g/mol. The smallest absolute Gasteiger partial charge is 0.322 e. The maximum atomic E-state index is 11.3. The van der Waals surface area contributed by atoms with Crippen LogP contribution in [0.5, 0.6) is 0 Å². The topological polar surface area (TPSA) is 84.9 Å². The highest BCUT2D eigenvalue weighted by Gasteiger charge is 2.45. The highest BCUT2D eigenvalue weighted by Crippen LogP contribution is 2.24. The summed E-state index contributed by atoms with van der Waals surface area (Å²) >= 11 is 0. The van der Waals surface area contributed by atoms with Gasteiger partial charge in [-0.25, -0.2) is 0 Å². The number of rotatable bonds is 3. The average Bonchev–Trinajstić information content (AvgIpc) is 2.21. The van der Waals surface area contributed by atoms with Crippen LogP contribution in [0.25, 0.3) is 0 Å². The number of carbonyl (C=O) groups is 3. The molecule has 17 heavy (non-hydrogen) atoms. The van der Waals surface area contributed by atoms with Gasteiger partial charge in [-0.2, -0.15) is 0 Å². The highest BCUT2D eigenvalue weighted by molar-refractivity contribution is 5.79. The Morgan fingerprint density at radius 3 is 2.53 bits per heavy atom. The molecule has 0 aromatic rings. The van der Waals surface area contributed by atoms with Crippen molar-refractivity contribution in [2.75, 3.05) is 13.1 Å². The Labute approximate surface area is 99.0 Å². The van der Waals surface area contributed by atoms with Crippen LogP contribution in [0.2, 0.25) is 0 Å². The van der Waals surface area contributed by atoms with Gasteiger partial charge in [-0.05, 0) is 0 Å². The largest absolute Gasteiger partial charge is 0.439 e. The van der Waals surface area contributed by atoms with Crippen LogP contribution in [0.15, 0.2) is 0 Å². The molecule has 0 radical (unpaired) electrons. The van der Waals surface area contributed by atoms with Gasteiger partial charge in [0.15, 0.2) is 0 Å². The minimum atomic E-state index is -1.12. The number of piperazine rings is 1. The van der Waals surface area contributed by atoms with Crippen LogP contribution in [0.4, 0.5) is 0 Å². The van der Waals surface area contributed by atoms with Gasteiger partial charge in [0.05, 0.1) is 6.54 Å². The summed E-state index contributed by atoms with van der Waals surface area (Å²) in [4.78, 5) is 38.2. The summed E-state index contributed by atoms with van der Waals surface area (Å²) in [5, 5.41) is 3.70. The Morgan fingerprint density at radius 2 is 2.06 bits per heavy atom. The van der Waals surface area contributed by atoms with Gasteiger partial charge in [0.1, 0.15) is 6.54 Å². The number of nitrogens with zero attached hydrogens (tertiary/aromatic N) is 1. The van der Waals surface area contributed by atoms with E-state index in [1.165, 1.54) is 13.8 Å². The van der Waals surface area contributed by atoms with E-state index in [0.29, 0.717) is 6.42 Å². The third kappa shape index (κ3) is 3.16. The third-order valence-corrected chi connectivity index (χ3v) is 2.43. The number of hydrogen-bond acceptors (Lipinski definition) is 6. The molecular formula is C10H16N2O5. The SMILES string of the molecule is CCC1(OC(C)=O)CNC(=O)CN1OC(C)=O. The Bertz CT molecular complexity index is 342. The van der Waals surface area contributed by atoms with Gasteiger partial charge >= 0.3 is 11.9 Å². The molecule has 0 bridgehead atoms. The highest BCUT2D eigenvalue weighted by atomic mass is 16.7. The second kappa shape index (κ2) is 5.13. The number of hydrogen-bond donors (Lipinski definition) is 1. The number of hydroxylamine groups is 2. The van der Waals surface area contributed by atoms with Crippen molar-refractivity contribution in [3.05, 3.63) is 0 Å². The van der Waals surface area contributed by atoms with E-state index in [0.717, 1.165) is 5.06 Å². The van der Waals surface area contributed by atoms with Gasteiger partial charge in [-0.15, -0.1) is 0 Å². The molecule has 1 fully saturated rings. The van der Waals surface area contributed by atoms with E-state index >= 15 is 0 Å². The quantitative estimate of drug-likeness (QED) is 0.678. The van der Waals surface area contributed by atoms with Gasteiger partial charge in [-0.1, -0.05) is 12.0 Å². The van der Waals surface area contributed by atoms with E-state index in [4.69, 9.17) is 9.57 Å². The van der Waals surface area contributed by atoms with E-state index in [-0.39, 0.29) is 19.0 Å². The molecule has 0 aliphatic carbocycles. The van der Waals surface area contributed by atoms with Crippen molar-refractivity contribution < 1.29 is 24.0 Å². The lowest BCUT2D eigenvalue weighted by Gasteiger charge is -2.42. The Kier molecular flexibility index (Phi) is 4.06. The summed E-state index contributed by atoms with van der Waals surface area (Å²) in [6, 6.07) is 0. The summed E-state index contributed by atoms with van der Waals surface area (Å²) in [7, 11) is 0. The minimum Gasteiger partial charge on any atom is -0.439 e. The first-order valence-corrected chi connectivity index (χ1v) is 5.32. The fourth-order valence-electron chi connectivity index (χ4n) is 1.65. The Morgan fingerprint density at radius 1 is 1.41 bits per heavy atom. The second-order valence-corrected chi connectivity index (χ2v) is 3.79. The van der Waals surface area contributed by atoms with Crippen molar-refractivity contribution in [2.24, 2.45) is 0 Å². The summed E-state index contributed by atoms with van der Waals surface area (Å²) < 4.78 is 5.18. The molecule has 1 atom stereocenters. The first-order chi connectivity index (χ1) is 7.89. The van der Waals surface area contributed by atoms with Crippen LogP contribution < -0.4 is 5.32 Å². The molecule has 7 heteroatoms. The summed E-state index contributed by atoms with van der Waals surface area (Å²) in [6.45, 7) is 4.20. The normalized spacial score (nSPS) is 25.0. The molecule has 1 aliphatic rings. The van der Waals surface area contributed by atoms with Crippen molar-refractivity contribution in [1.29, 1.82) is 0 Å². The first kappa shape index (κ1) is 13.4. The second-order valence-electron chi connectivity index (χ2n) is 3.79. The van der Waals surface area contributed by atoms with Gasteiger partial charge in [0.2, 0.25) is 11.6 Å². The maximum Gasteiger partial charge on any atom is 0.322 e. The van der Waals surface area contributed by atoms with Crippen LogP contribution in [-0.4, -0.2) is 41.7 Å². The molecule has 0 aromatic heterocycles. The minimum absolute atomic E-state index is 0.0925. The van der Waals surface area contributed by atoms with E-state index < -0.39 is 17.7 Å². The van der Waals surface area contributed by atoms with Crippen LogP contribution in [-0.2, 0) is 24.0 Å². The Hall–Kier alpha value is -1.63. The lowest BCUT2D eigenvalue weighted by molar-refractivity contribution is -0.286.